The molecule has 6 nitrogen and oxygen atoms in total. The maximum absolute atomic E-state index is 12.0. The summed E-state index contributed by atoms with van der Waals surface area (Å²) in [6.07, 6.45) is 1.56. The minimum atomic E-state index is -0.561. The molecule has 6 heteroatoms. The molecule has 0 aromatic carbocycles. The van der Waals surface area contributed by atoms with Crippen molar-refractivity contribution in [2.24, 2.45) is 0 Å². The van der Waals surface area contributed by atoms with Gasteiger partial charge >= 0.3 is 0 Å². The van der Waals surface area contributed by atoms with Crippen molar-refractivity contribution in [1.82, 2.24) is 10.3 Å². The normalized spacial score (nSPS) is 19.1. The van der Waals surface area contributed by atoms with Gasteiger partial charge in [0.25, 0.3) is 5.56 Å². The summed E-state index contributed by atoms with van der Waals surface area (Å²) in [5, 5.41) is 2.75. The van der Waals surface area contributed by atoms with Gasteiger partial charge < -0.3 is 19.8 Å². The zero-order chi connectivity index (χ0) is 16.1. The van der Waals surface area contributed by atoms with E-state index in [1.54, 1.807) is 6.92 Å². The number of carbonyl (C=O) groups excluding carboxylic acids is 1. The lowest BCUT2D eigenvalue weighted by Crippen LogP contribution is -2.37. The fourth-order valence-electron chi connectivity index (χ4n) is 2.52. The molecule has 22 heavy (non-hydrogen) atoms. The Balaban J connectivity index is 1.83. The molecular weight excluding hydrogens is 284 g/mol. The van der Waals surface area contributed by atoms with Crippen molar-refractivity contribution in [2.45, 2.75) is 52.4 Å². The van der Waals surface area contributed by atoms with Crippen molar-refractivity contribution >= 4 is 5.91 Å². The highest BCUT2D eigenvalue weighted by atomic mass is 16.5. The van der Waals surface area contributed by atoms with Gasteiger partial charge in [0.05, 0.1) is 12.7 Å². The quantitative estimate of drug-likeness (QED) is 0.827. The first kappa shape index (κ1) is 16.7. The summed E-state index contributed by atoms with van der Waals surface area (Å²) < 4.78 is 11.0. The maximum atomic E-state index is 12.0. The first-order valence-electron chi connectivity index (χ1n) is 7.67. The van der Waals surface area contributed by atoms with Gasteiger partial charge in [0, 0.05) is 24.4 Å². The molecule has 1 aromatic heterocycles. The smallest absolute Gasteiger partial charge is 0.253 e. The molecule has 0 aliphatic carbocycles. The molecule has 1 amide bonds. The molecule has 1 aromatic rings. The van der Waals surface area contributed by atoms with Gasteiger partial charge in [-0.3, -0.25) is 9.59 Å². The van der Waals surface area contributed by atoms with Gasteiger partial charge in [0.1, 0.15) is 6.10 Å². The van der Waals surface area contributed by atoms with E-state index in [0.29, 0.717) is 12.2 Å². The molecular formula is C16H24N2O4. The van der Waals surface area contributed by atoms with E-state index in [2.05, 4.69) is 10.3 Å². The number of amides is 1. The summed E-state index contributed by atoms with van der Waals surface area (Å²) in [5.74, 6) is -0.225. The second-order valence-electron chi connectivity index (χ2n) is 5.77. The Kier molecular flexibility index (Phi) is 5.74. The predicted molar refractivity (Wildman–Crippen MR) is 82.8 cm³/mol. The SMILES string of the molecule is Cc1cc(C)c(CNC(=O)[C@H](C)OC[C@@H]2CCCO2)c(=O)[nH]1. The highest BCUT2D eigenvalue weighted by molar-refractivity contribution is 5.80. The summed E-state index contributed by atoms with van der Waals surface area (Å²) in [4.78, 5) is 26.6. The lowest BCUT2D eigenvalue weighted by Gasteiger charge is -2.16. The van der Waals surface area contributed by atoms with Gasteiger partial charge in [-0.2, -0.15) is 0 Å². The van der Waals surface area contributed by atoms with Gasteiger partial charge in [0.15, 0.2) is 0 Å². The fourth-order valence-corrected chi connectivity index (χ4v) is 2.52. The fraction of sp³-hybridized carbons (Fsp3) is 0.625. The van der Waals surface area contributed by atoms with Gasteiger partial charge in [-0.15, -0.1) is 0 Å². The molecule has 0 bridgehead atoms. The number of nitrogens with one attached hydrogen (secondary N) is 2. The lowest BCUT2D eigenvalue weighted by molar-refractivity contribution is -0.133. The van der Waals surface area contributed by atoms with Crippen LogP contribution in [0.3, 0.4) is 0 Å². The third kappa shape index (κ3) is 4.42. The van der Waals surface area contributed by atoms with Gasteiger partial charge in [0.2, 0.25) is 5.91 Å². The highest BCUT2D eigenvalue weighted by Gasteiger charge is 2.20. The summed E-state index contributed by atoms with van der Waals surface area (Å²) in [6.45, 7) is 6.80. The molecule has 2 N–H and O–H groups in total. The van der Waals surface area contributed by atoms with Crippen LogP contribution in [0.2, 0.25) is 0 Å². The molecule has 0 radical (unpaired) electrons. The molecule has 2 heterocycles. The van der Waals surface area contributed by atoms with Gasteiger partial charge in [-0.1, -0.05) is 0 Å². The maximum Gasteiger partial charge on any atom is 0.253 e. The number of hydrogen-bond acceptors (Lipinski definition) is 4. The van der Waals surface area contributed by atoms with Crippen molar-refractivity contribution in [2.75, 3.05) is 13.2 Å². The van der Waals surface area contributed by atoms with Crippen LogP contribution < -0.4 is 10.9 Å². The topological polar surface area (TPSA) is 80.4 Å². The van der Waals surface area contributed by atoms with E-state index in [1.165, 1.54) is 0 Å². The first-order valence-corrected chi connectivity index (χ1v) is 7.67. The summed E-state index contributed by atoms with van der Waals surface area (Å²) in [7, 11) is 0. The molecule has 0 spiro atoms. The summed E-state index contributed by atoms with van der Waals surface area (Å²) >= 11 is 0. The molecule has 1 saturated heterocycles. The molecule has 0 unspecified atom stereocenters. The second kappa shape index (κ2) is 7.56. The van der Waals surface area contributed by atoms with Crippen LogP contribution in [-0.2, 0) is 20.8 Å². The van der Waals surface area contributed by atoms with Crippen molar-refractivity contribution in [3.8, 4) is 0 Å². The number of carbonyl (C=O) groups is 1. The van der Waals surface area contributed by atoms with E-state index in [0.717, 1.165) is 30.7 Å². The van der Waals surface area contributed by atoms with Crippen molar-refractivity contribution in [3.05, 3.63) is 33.2 Å². The Labute approximate surface area is 130 Å². The van der Waals surface area contributed by atoms with E-state index in [-0.39, 0.29) is 24.1 Å². The Morgan fingerprint density at radius 3 is 2.95 bits per heavy atom. The van der Waals surface area contributed by atoms with E-state index < -0.39 is 6.10 Å². The Morgan fingerprint density at radius 2 is 2.32 bits per heavy atom. The zero-order valence-corrected chi connectivity index (χ0v) is 13.4. The number of aromatic amines is 1. The van der Waals surface area contributed by atoms with Crippen molar-refractivity contribution in [3.63, 3.8) is 0 Å². The number of aryl methyl sites for hydroxylation is 2. The van der Waals surface area contributed by atoms with E-state index in [4.69, 9.17) is 9.47 Å². The Hall–Kier alpha value is -1.66. The van der Waals surface area contributed by atoms with Crippen molar-refractivity contribution < 1.29 is 14.3 Å². The Bertz CT molecular complexity index is 576. The van der Waals surface area contributed by atoms with Crippen LogP contribution in [0.5, 0.6) is 0 Å². The largest absolute Gasteiger partial charge is 0.376 e. The zero-order valence-electron chi connectivity index (χ0n) is 13.4. The third-order valence-corrected chi connectivity index (χ3v) is 3.86. The molecule has 2 rings (SSSR count). The lowest BCUT2D eigenvalue weighted by atomic mass is 10.1. The van der Waals surface area contributed by atoms with Crippen LogP contribution in [0.25, 0.3) is 0 Å². The van der Waals surface area contributed by atoms with E-state index in [9.17, 15) is 9.59 Å². The average molecular weight is 308 g/mol. The molecule has 0 saturated carbocycles. The van der Waals surface area contributed by atoms with Crippen LogP contribution in [0.1, 0.15) is 36.6 Å². The van der Waals surface area contributed by atoms with Crippen LogP contribution in [0, 0.1) is 13.8 Å². The number of hydrogen-bond donors (Lipinski definition) is 2. The van der Waals surface area contributed by atoms with Crippen molar-refractivity contribution in [1.29, 1.82) is 0 Å². The molecule has 122 valence electrons. The minimum absolute atomic E-state index is 0.0948. The highest BCUT2D eigenvalue weighted by Crippen LogP contribution is 2.12. The van der Waals surface area contributed by atoms with Crippen LogP contribution in [0.4, 0.5) is 0 Å². The molecule has 1 aliphatic rings. The number of rotatable bonds is 6. The van der Waals surface area contributed by atoms with E-state index in [1.807, 2.05) is 19.9 Å². The summed E-state index contributed by atoms with van der Waals surface area (Å²) in [6, 6.07) is 1.89. The van der Waals surface area contributed by atoms with Gasteiger partial charge in [-0.25, -0.2) is 0 Å². The number of H-pyrrole nitrogens is 1. The van der Waals surface area contributed by atoms with Gasteiger partial charge in [-0.05, 0) is 45.2 Å². The second-order valence-corrected chi connectivity index (χ2v) is 5.77. The number of ether oxygens (including phenoxy) is 2. The monoisotopic (exact) mass is 308 g/mol. The molecule has 1 aliphatic heterocycles. The third-order valence-electron chi connectivity index (χ3n) is 3.86. The van der Waals surface area contributed by atoms with Crippen LogP contribution in [-0.4, -0.2) is 36.3 Å². The minimum Gasteiger partial charge on any atom is -0.376 e. The van der Waals surface area contributed by atoms with E-state index >= 15 is 0 Å². The first-order chi connectivity index (χ1) is 10.5. The van der Waals surface area contributed by atoms with Crippen LogP contribution in [0.15, 0.2) is 10.9 Å². The van der Waals surface area contributed by atoms with Crippen LogP contribution >= 0.6 is 0 Å². The average Bonchev–Trinajstić information content (AvgIpc) is 2.96. The Morgan fingerprint density at radius 1 is 1.55 bits per heavy atom. The number of pyridine rings is 1. The molecule has 1 fully saturated rings. The molecule has 2 atom stereocenters. The number of aromatic nitrogens is 1. The summed E-state index contributed by atoms with van der Waals surface area (Å²) in [5.41, 5.74) is 2.09. The predicted octanol–water partition coefficient (Wildman–Crippen LogP) is 1.19. The standard InChI is InChI=1S/C16H24N2O4/c1-10-7-11(2)18-16(20)14(10)8-17-15(19)12(3)22-9-13-5-4-6-21-13/h7,12-13H,4-6,8-9H2,1-3H3,(H,17,19)(H,18,20)/t12-,13-/m0/s1.